The Morgan fingerprint density at radius 1 is 0.852 bits per heavy atom. The molecular formula is C24H25ClN2. The van der Waals surface area contributed by atoms with Crippen LogP contribution in [0.15, 0.2) is 84.9 Å². The first-order valence-corrected chi connectivity index (χ1v) is 9.95. The number of hydrogen-bond acceptors (Lipinski definition) is 2. The van der Waals surface area contributed by atoms with Crippen molar-refractivity contribution in [1.82, 2.24) is 10.2 Å². The Labute approximate surface area is 166 Å². The molecule has 1 heterocycles. The Morgan fingerprint density at radius 2 is 1.41 bits per heavy atom. The number of benzene rings is 3. The zero-order chi connectivity index (χ0) is 18.7. The highest BCUT2D eigenvalue weighted by atomic mass is 35.5. The Hall–Kier alpha value is -2.13. The van der Waals surface area contributed by atoms with Gasteiger partial charge in [-0.15, -0.1) is 0 Å². The number of hydrogen-bond donors (Lipinski definition) is 1. The summed E-state index contributed by atoms with van der Waals surface area (Å²) in [6.07, 6.45) is 0. The van der Waals surface area contributed by atoms with E-state index < -0.39 is 5.54 Å². The molecular weight excluding hydrogens is 352 g/mol. The van der Waals surface area contributed by atoms with Gasteiger partial charge in [0.15, 0.2) is 0 Å². The van der Waals surface area contributed by atoms with Crippen molar-refractivity contribution < 1.29 is 0 Å². The van der Waals surface area contributed by atoms with Crippen molar-refractivity contribution in [1.29, 1.82) is 0 Å². The summed E-state index contributed by atoms with van der Waals surface area (Å²) in [5.41, 5.74) is 3.21. The van der Waals surface area contributed by atoms with Gasteiger partial charge in [-0.1, -0.05) is 90.5 Å². The minimum Gasteiger partial charge on any atom is -0.312 e. The topological polar surface area (TPSA) is 15.3 Å². The molecule has 1 saturated heterocycles. The van der Waals surface area contributed by atoms with Crippen LogP contribution in [0.1, 0.15) is 23.6 Å². The molecule has 0 bridgehead atoms. The van der Waals surface area contributed by atoms with Crippen LogP contribution in [0.5, 0.6) is 0 Å². The molecule has 0 aliphatic carbocycles. The molecule has 3 aromatic carbocycles. The van der Waals surface area contributed by atoms with E-state index in [-0.39, 0.29) is 0 Å². The summed E-state index contributed by atoms with van der Waals surface area (Å²) >= 11 is 6.82. The second kappa shape index (κ2) is 7.85. The van der Waals surface area contributed by atoms with Crippen molar-refractivity contribution in [3.8, 4) is 0 Å². The molecule has 1 unspecified atom stereocenters. The zero-order valence-corrected chi connectivity index (χ0v) is 16.4. The summed E-state index contributed by atoms with van der Waals surface area (Å²) in [5, 5.41) is 4.38. The van der Waals surface area contributed by atoms with Gasteiger partial charge in [0.25, 0.3) is 0 Å². The fraction of sp³-hybridized carbons (Fsp3) is 0.250. The van der Waals surface area contributed by atoms with Crippen molar-refractivity contribution >= 4 is 11.6 Å². The van der Waals surface area contributed by atoms with Crippen LogP contribution in [-0.2, 0) is 5.54 Å². The highest BCUT2D eigenvalue weighted by Crippen LogP contribution is 2.45. The molecule has 4 rings (SSSR count). The minimum atomic E-state index is -0.419. The van der Waals surface area contributed by atoms with Crippen LogP contribution in [0.25, 0.3) is 0 Å². The Bertz CT molecular complexity index is 840. The molecule has 1 fully saturated rings. The fourth-order valence-electron chi connectivity index (χ4n) is 4.36. The van der Waals surface area contributed by atoms with Gasteiger partial charge >= 0.3 is 0 Å². The lowest BCUT2D eigenvalue weighted by Gasteiger charge is -2.49. The van der Waals surface area contributed by atoms with Gasteiger partial charge in [0.05, 0.1) is 5.54 Å². The van der Waals surface area contributed by atoms with E-state index in [9.17, 15) is 0 Å². The van der Waals surface area contributed by atoms with Gasteiger partial charge in [0.1, 0.15) is 0 Å². The first-order valence-electron chi connectivity index (χ1n) is 9.57. The lowest BCUT2D eigenvalue weighted by Crippen LogP contribution is -2.58. The third-order valence-electron chi connectivity index (χ3n) is 5.49. The molecule has 3 aromatic rings. The van der Waals surface area contributed by atoms with Crippen LogP contribution in [0.4, 0.5) is 0 Å². The summed E-state index contributed by atoms with van der Waals surface area (Å²) in [5.74, 6) is 0. The highest BCUT2D eigenvalue weighted by molar-refractivity contribution is 6.31. The summed E-state index contributed by atoms with van der Waals surface area (Å²) in [6.45, 7) is 5.13. The van der Waals surface area contributed by atoms with Gasteiger partial charge in [0, 0.05) is 30.7 Å². The molecule has 138 valence electrons. The van der Waals surface area contributed by atoms with Crippen LogP contribution in [0.3, 0.4) is 0 Å². The zero-order valence-electron chi connectivity index (χ0n) is 15.6. The molecule has 0 aromatic heterocycles. The third kappa shape index (κ3) is 3.29. The summed E-state index contributed by atoms with van der Waals surface area (Å²) in [4.78, 5) is 2.58. The standard InChI is InChI=1S/C24H25ClN2/c1-19-18-27(17-16-26-19)24(20-10-4-2-5-11-20,21-12-6-3-7-13-21)22-14-8-9-15-23(22)25/h2-15,19,26H,16-18H2,1H3. The average Bonchev–Trinajstić information content (AvgIpc) is 2.72. The van der Waals surface area contributed by atoms with Crippen molar-refractivity contribution in [2.75, 3.05) is 19.6 Å². The maximum atomic E-state index is 6.82. The molecule has 0 spiro atoms. The Kier molecular flexibility index (Phi) is 5.31. The summed E-state index contributed by atoms with van der Waals surface area (Å²) < 4.78 is 0. The molecule has 1 aliphatic heterocycles. The first-order chi connectivity index (χ1) is 13.2. The SMILES string of the molecule is CC1CN(C(c2ccccc2)(c2ccccc2)c2ccccc2Cl)CCN1. The van der Waals surface area contributed by atoms with Gasteiger partial charge < -0.3 is 5.32 Å². The summed E-state index contributed by atoms with van der Waals surface area (Å²) in [6, 6.07) is 30.2. The van der Waals surface area contributed by atoms with Gasteiger partial charge in [-0.25, -0.2) is 0 Å². The average molecular weight is 377 g/mol. The van der Waals surface area contributed by atoms with Crippen LogP contribution in [0.2, 0.25) is 5.02 Å². The highest BCUT2D eigenvalue weighted by Gasteiger charge is 2.44. The Balaban J connectivity index is 2.04. The van der Waals surface area contributed by atoms with E-state index in [4.69, 9.17) is 11.6 Å². The predicted octanol–water partition coefficient (Wildman–Crippen LogP) is 4.93. The molecule has 1 aliphatic rings. The molecule has 1 atom stereocenters. The molecule has 2 nitrogen and oxygen atoms in total. The van der Waals surface area contributed by atoms with Gasteiger partial charge in [-0.2, -0.15) is 0 Å². The van der Waals surface area contributed by atoms with E-state index in [1.54, 1.807) is 0 Å². The number of rotatable bonds is 4. The van der Waals surface area contributed by atoms with E-state index in [1.807, 2.05) is 12.1 Å². The first kappa shape index (κ1) is 18.2. The van der Waals surface area contributed by atoms with Crippen molar-refractivity contribution in [2.24, 2.45) is 0 Å². The van der Waals surface area contributed by atoms with E-state index in [0.29, 0.717) is 6.04 Å². The smallest absolute Gasteiger partial charge is 0.0988 e. The van der Waals surface area contributed by atoms with Crippen LogP contribution in [-0.4, -0.2) is 30.6 Å². The number of nitrogens with one attached hydrogen (secondary N) is 1. The molecule has 0 saturated carbocycles. The molecule has 0 amide bonds. The van der Waals surface area contributed by atoms with Crippen LogP contribution >= 0.6 is 11.6 Å². The van der Waals surface area contributed by atoms with E-state index in [0.717, 1.165) is 30.2 Å². The normalized spacial score (nSPS) is 18.4. The van der Waals surface area contributed by atoms with Gasteiger partial charge in [-0.3, -0.25) is 4.90 Å². The van der Waals surface area contributed by atoms with Crippen molar-refractivity contribution in [2.45, 2.75) is 18.5 Å². The van der Waals surface area contributed by atoms with Crippen molar-refractivity contribution in [3.05, 3.63) is 107 Å². The second-order valence-electron chi connectivity index (χ2n) is 7.22. The number of nitrogens with zero attached hydrogens (tertiary/aromatic N) is 1. The fourth-order valence-corrected chi connectivity index (χ4v) is 4.64. The van der Waals surface area contributed by atoms with Gasteiger partial charge in [0.2, 0.25) is 0 Å². The van der Waals surface area contributed by atoms with Crippen molar-refractivity contribution in [3.63, 3.8) is 0 Å². The molecule has 1 N–H and O–H groups in total. The van der Waals surface area contributed by atoms with E-state index in [1.165, 1.54) is 11.1 Å². The van der Waals surface area contributed by atoms with Gasteiger partial charge in [-0.05, 0) is 29.7 Å². The predicted molar refractivity (Wildman–Crippen MR) is 113 cm³/mol. The summed E-state index contributed by atoms with van der Waals surface area (Å²) in [7, 11) is 0. The molecule has 27 heavy (non-hydrogen) atoms. The number of halogens is 1. The lowest BCUT2D eigenvalue weighted by atomic mass is 9.75. The monoisotopic (exact) mass is 376 g/mol. The quantitative estimate of drug-likeness (QED) is 0.650. The minimum absolute atomic E-state index is 0.419. The van der Waals surface area contributed by atoms with E-state index >= 15 is 0 Å². The maximum absolute atomic E-state index is 6.82. The van der Waals surface area contributed by atoms with Crippen LogP contribution in [0, 0.1) is 0 Å². The number of piperazine rings is 1. The maximum Gasteiger partial charge on any atom is 0.0988 e. The second-order valence-corrected chi connectivity index (χ2v) is 7.63. The third-order valence-corrected chi connectivity index (χ3v) is 5.82. The lowest BCUT2D eigenvalue weighted by molar-refractivity contribution is 0.115. The molecule has 0 radical (unpaired) electrons. The largest absolute Gasteiger partial charge is 0.312 e. The van der Waals surface area contributed by atoms with Crippen LogP contribution < -0.4 is 5.32 Å². The molecule has 3 heteroatoms. The van der Waals surface area contributed by atoms with E-state index in [2.05, 4.69) is 89.9 Å². The Morgan fingerprint density at radius 3 is 1.96 bits per heavy atom.